The zero-order valence-corrected chi connectivity index (χ0v) is 11.8. The Bertz CT molecular complexity index is 608. The van der Waals surface area contributed by atoms with Gasteiger partial charge in [-0.1, -0.05) is 0 Å². The van der Waals surface area contributed by atoms with Gasteiger partial charge in [0.2, 0.25) is 0 Å². The van der Waals surface area contributed by atoms with E-state index in [0.29, 0.717) is 24.7 Å². The van der Waals surface area contributed by atoms with Gasteiger partial charge in [0, 0.05) is 19.9 Å². The summed E-state index contributed by atoms with van der Waals surface area (Å²) in [6.07, 6.45) is 4.11. The molecule has 2 aromatic heterocycles. The van der Waals surface area contributed by atoms with Crippen molar-refractivity contribution in [3.8, 4) is 0 Å². The lowest BCUT2D eigenvalue weighted by molar-refractivity contribution is 0.0648. The summed E-state index contributed by atoms with van der Waals surface area (Å²) in [5.74, 6) is 0.696. The van der Waals surface area contributed by atoms with Crippen LogP contribution in [-0.2, 0) is 11.3 Å². The number of anilines is 1. The highest BCUT2D eigenvalue weighted by molar-refractivity contribution is 5.91. The molecule has 0 bridgehead atoms. The first-order valence-corrected chi connectivity index (χ1v) is 6.83. The third-order valence-electron chi connectivity index (χ3n) is 3.76. The zero-order chi connectivity index (χ0) is 14.8. The average molecular weight is 290 g/mol. The molecule has 0 aromatic carbocycles. The molecule has 21 heavy (non-hydrogen) atoms. The van der Waals surface area contributed by atoms with E-state index in [1.165, 1.54) is 6.26 Å². The van der Waals surface area contributed by atoms with Gasteiger partial charge in [0.05, 0.1) is 25.0 Å². The largest absolute Gasteiger partial charge is 0.459 e. The SMILES string of the molecule is CO[C@H]1C[C@@H](Cn2ccc(N)n2)N(C(=O)c2ccco2)C1. The molecule has 0 saturated carbocycles. The van der Waals surface area contributed by atoms with E-state index in [0.717, 1.165) is 6.42 Å². The molecule has 7 heteroatoms. The van der Waals surface area contributed by atoms with Crippen molar-refractivity contribution in [2.45, 2.75) is 25.1 Å². The minimum atomic E-state index is -0.121. The molecule has 0 unspecified atom stereocenters. The van der Waals surface area contributed by atoms with E-state index < -0.39 is 0 Å². The third-order valence-corrected chi connectivity index (χ3v) is 3.76. The predicted molar refractivity (Wildman–Crippen MR) is 75.6 cm³/mol. The van der Waals surface area contributed by atoms with Gasteiger partial charge in [0.15, 0.2) is 5.76 Å². The molecular weight excluding hydrogens is 272 g/mol. The first-order valence-electron chi connectivity index (χ1n) is 6.83. The first-order chi connectivity index (χ1) is 10.2. The number of nitrogens with zero attached hydrogens (tertiary/aromatic N) is 3. The maximum absolute atomic E-state index is 12.5. The molecule has 112 valence electrons. The lowest BCUT2D eigenvalue weighted by Gasteiger charge is -2.23. The minimum Gasteiger partial charge on any atom is -0.459 e. The van der Waals surface area contributed by atoms with Crippen LogP contribution in [0.4, 0.5) is 5.82 Å². The summed E-state index contributed by atoms with van der Waals surface area (Å²) in [7, 11) is 1.66. The first kappa shape index (κ1) is 13.7. The number of amides is 1. The van der Waals surface area contributed by atoms with E-state index in [1.807, 2.05) is 6.20 Å². The van der Waals surface area contributed by atoms with Gasteiger partial charge < -0.3 is 19.8 Å². The lowest BCUT2D eigenvalue weighted by Crippen LogP contribution is -2.38. The van der Waals surface area contributed by atoms with Gasteiger partial charge in [-0.15, -0.1) is 0 Å². The van der Waals surface area contributed by atoms with Gasteiger partial charge in [0.1, 0.15) is 5.82 Å². The molecule has 2 atom stereocenters. The summed E-state index contributed by atoms with van der Waals surface area (Å²) in [6, 6.07) is 5.12. The highest BCUT2D eigenvalue weighted by atomic mass is 16.5. The molecule has 1 aliphatic rings. The number of hydrogen-bond donors (Lipinski definition) is 1. The fourth-order valence-electron chi connectivity index (χ4n) is 2.70. The fraction of sp³-hybridized carbons (Fsp3) is 0.429. The molecule has 1 aliphatic heterocycles. The highest BCUT2D eigenvalue weighted by Crippen LogP contribution is 2.24. The summed E-state index contributed by atoms with van der Waals surface area (Å²) < 4.78 is 12.4. The van der Waals surface area contributed by atoms with Crippen LogP contribution in [0.3, 0.4) is 0 Å². The number of aromatic nitrogens is 2. The monoisotopic (exact) mass is 290 g/mol. The van der Waals surface area contributed by atoms with E-state index in [1.54, 1.807) is 34.9 Å². The number of likely N-dealkylation sites (tertiary alicyclic amines) is 1. The van der Waals surface area contributed by atoms with E-state index in [9.17, 15) is 4.79 Å². The van der Waals surface area contributed by atoms with Crippen LogP contribution in [0.25, 0.3) is 0 Å². The Labute approximate surface area is 122 Å². The predicted octanol–water partition coefficient (Wildman–Crippen LogP) is 0.988. The molecule has 1 saturated heterocycles. The summed E-state index contributed by atoms with van der Waals surface area (Å²) in [4.78, 5) is 14.3. The van der Waals surface area contributed by atoms with E-state index >= 15 is 0 Å². The van der Waals surface area contributed by atoms with Crippen molar-refractivity contribution >= 4 is 11.7 Å². The maximum atomic E-state index is 12.5. The van der Waals surface area contributed by atoms with Crippen molar-refractivity contribution in [1.82, 2.24) is 14.7 Å². The number of nitrogen functional groups attached to an aromatic ring is 1. The average Bonchev–Trinajstić information content (AvgIpc) is 3.19. The zero-order valence-electron chi connectivity index (χ0n) is 11.8. The Hall–Kier alpha value is -2.28. The second-order valence-electron chi connectivity index (χ2n) is 5.14. The Morgan fingerprint density at radius 3 is 3.05 bits per heavy atom. The van der Waals surface area contributed by atoms with Crippen molar-refractivity contribution in [1.29, 1.82) is 0 Å². The highest BCUT2D eigenvalue weighted by Gasteiger charge is 2.36. The van der Waals surface area contributed by atoms with Gasteiger partial charge in [-0.3, -0.25) is 9.48 Å². The third kappa shape index (κ3) is 2.78. The summed E-state index contributed by atoms with van der Waals surface area (Å²) in [5, 5.41) is 4.17. The molecule has 0 radical (unpaired) electrons. The molecule has 2 N–H and O–H groups in total. The van der Waals surface area contributed by atoms with Crippen molar-refractivity contribution < 1.29 is 13.9 Å². The van der Waals surface area contributed by atoms with Crippen LogP contribution >= 0.6 is 0 Å². The van der Waals surface area contributed by atoms with Gasteiger partial charge in [0.25, 0.3) is 5.91 Å². The second kappa shape index (κ2) is 5.61. The Morgan fingerprint density at radius 1 is 1.57 bits per heavy atom. The Balaban J connectivity index is 1.77. The quantitative estimate of drug-likeness (QED) is 0.907. The second-order valence-corrected chi connectivity index (χ2v) is 5.14. The number of carbonyl (C=O) groups is 1. The van der Waals surface area contributed by atoms with Crippen LogP contribution in [0.2, 0.25) is 0 Å². The normalized spacial score (nSPS) is 21.9. The van der Waals surface area contributed by atoms with Crippen molar-refractivity contribution in [3.63, 3.8) is 0 Å². The molecule has 1 amide bonds. The number of carbonyl (C=O) groups excluding carboxylic acids is 1. The van der Waals surface area contributed by atoms with Gasteiger partial charge in [-0.2, -0.15) is 5.10 Å². The molecule has 0 aliphatic carbocycles. The smallest absolute Gasteiger partial charge is 0.289 e. The van der Waals surface area contributed by atoms with Crippen LogP contribution in [-0.4, -0.2) is 46.4 Å². The Kier molecular flexibility index (Phi) is 3.66. The molecule has 7 nitrogen and oxygen atoms in total. The number of furan rings is 1. The van der Waals surface area contributed by atoms with Crippen LogP contribution in [0.15, 0.2) is 35.1 Å². The molecule has 3 rings (SSSR count). The van der Waals surface area contributed by atoms with Crippen LogP contribution in [0, 0.1) is 0 Å². The van der Waals surface area contributed by atoms with Gasteiger partial charge in [-0.25, -0.2) is 0 Å². The molecule has 1 fully saturated rings. The van der Waals surface area contributed by atoms with Crippen LogP contribution < -0.4 is 5.73 Å². The summed E-state index contributed by atoms with van der Waals surface area (Å²) in [5.41, 5.74) is 5.63. The summed E-state index contributed by atoms with van der Waals surface area (Å²) in [6.45, 7) is 1.14. The fourth-order valence-corrected chi connectivity index (χ4v) is 2.70. The van der Waals surface area contributed by atoms with E-state index in [2.05, 4.69) is 5.10 Å². The Morgan fingerprint density at radius 2 is 2.43 bits per heavy atom. The maximum Gasteiger partial charge on any atom is 0.289 e. The van der Waals surface area contributed by atoms with Crippen molar-refractivity contribution in [2.75, 3.05) is 19.4 Å². The topological polar surface area (TPSA) is 86.5 Å². The van der Waals surface area contributed by atoms with E-state index in [-0.39, 0.29) is 18.1 Å². The number of hydrogen-bond acceptors (Lipinski definition) is 5. The van der Waals surface area contributed by atoms with Crippen LogP contribution in [0.1, 0.15) is 17.0 Å². The lowest BCUT2D eigenvalue weighted by atomic mass is 10.2. The standard InChI is InChI=1S/C14H18N4O3/c1-20-11-7-10(8-17-5-4-13(15)16-17)18(9-11)14(19)12-3-2-6-21-12/h2-6,10-11H,7-9H2,1H3,(H2,15,16)/t10-,11-/m0/s1. The molecular formula is C14H18N4O3. The molecule has 2 aromatic rings. The number of methoxy groups -OCH3 is 1. The number of nitrogens with two attached hydrogens (primary N) is 1. The molecule has 0 spiro atoms. The molecule has 3 heterocycles. The van der Waals surface area contributed by atoms with E-state index in [4.69, 9.17) is 14.9 Å². The van der Waals surface area contributed by atoms with Crippen molar-refractivity contribution in [3.05, 3.63) is 36.4 Å². The van der Waals surface area contributed by atoms with Crippen molar-refractivity contribution in [2.24, 2.45) is 0 Å². The summed E-state index contributed by atoms with van der Waals surface area (Å²) >= 11 is 0. The number of rotatable bonds is 4. The van der Waals surface area contributed by atoms with Gasteiger partial charge in [-0.05, 0) is 24.6 Å². The minimum absolute atomic E-state index is 0.00634. The van der Waals surface area contributed by atoms with Gasteiger partial charge >= 0.3 is 0 Å². The van der Waals surface area contributed by atoms with Crippen LogP contribution in [0.5, 0.6) is 0 Å². The number of ether oxygens (including phenoxy) is 1.